The number of carbonyl (C=O) groups excluding carboxylic acids is 1. The van der Waals surface area contributed by atoms with Gasteiger partial charge in [0.2, 0.25) is 0 Å². The lowest BCUT2D eigenvalue weighted by molar-refractivity contribution is 0.0931. The zero-order valence-corrected chi connectivity index (χ0v) is 10.7. The summed E-state index contributed by atoms with van der Waals surface area (Å²) < 4.78 is 17.2. The maximum absolute atomic E-state index is 12.7. The van der Waals surface area contributed by atoms with E-state index < -0.39 is 11.9 Å². The van der Waals surface area contributed by atoms with Crippen molar-refractivity contribution in [3.05, 3.63) is 59.5 Å². The molecule has 1 aromatic rings. The summed E-state index contributed by atoms with van der Waals surface area (Å²) in [5.74, 6) is 1.49. The van der Waals surface area contributed by atoms with E-state index in [1.807, 2.05) is 6.07 Å². The Morgan fingerprint density at radius 1 is 1.55 bits per heavy atom. The van der Waals surface area contributed by atoms with Gasteiger partial charge in [0, 0.05) is 23.9 Å². The molecule has 0 aliphatic rings. The lowest BCUT2D eigenvalue weighted by atomic mass is 10.2. The van der Waals surface area contributed by atoms with Crippen molar-refractivity contribution in [3.63, 3.8) is 0 Å². The number of nitrogens with one attached hydrogen (secondary N) is 1. The molecule has 0 aliphatic carbocycles. The van der Waals surface area contributed by atoms with Gasteiger partial charge in [-0.3, -0.25) is 4.79 Å². The molecule has 1 rings (SSSR count). The fourth-order valence-corrected chi connectivity index (χ4v) is 1.29. The Balaban J connectivity index is 2.87. The number of hydrogen-bond acceptors (Lipinski definition) is 3. The second-order valence-electron chi connectivity index (χ2n) is 3.68. The van der Waals surface area contributed by atoms with Gasteiger partial charge in [-0.15, -0.1) is 6.42 Å². The third-order valence-corrected chi connectivity index (χ3v) is 2.10. The standard InChI is InChI=1S/C15H11FN2O2/c1-3-5-12(10-11(2)6-4-9-17)18-15(19)13-7-8-14(16)20-13/h1,4-8,10H,2H3,(H,18,19)/b6-4+,11-10+,12-5+. The molecule has 1 N–H and O–H groups in total. The highest BCUT2D eigenvalue weighted by Gasteiger charge is 2.11. The molecular formula is C15H11FN2O2. The number of carbonyl (C=O) groups is 1. The maximum Gasteiger partial charge on any atom is 0.291 e. The molecule has 0 saturated carbocycles. The van der Waals surface area contributed by atoms with Gasteiger partial charge in [-0.25, -0.2) is 0 Å². The Morgan fingerprint density at radius 3 is 2.85 bits per heavy atom. The first-order valence-corrected chi connectivity index (χ1v) is 5.54. The predicted octanol–water partition coefficient (Wildman–Crippen LogP) is 2.69. The quantitative estimate of drug-likeness (QED) is 0.519. The number of furan rings is 1. The monoisotopic (exact) mass is 270 g/mol. The normalized spacial score (nSPS) is 12.0. The fourth-order valence-electron chi connectivity index (χ4n) is 1.29. The number of terminal acetylenes is 1. The van der Waals surface area contributed by atoms with Crippen molar-refractivity contribution in [2.24, 2.45) is 0 Å². The molecule has 100 valence electrons. The SMILES string of the molecule is C#C\C=C(/C=C(C)/C=C/C#N)NC(=O)c1ccc(F)o1. The molecule has 0 aromatic carbocycles. The van der Waals surface area contributed by atoms with Gasteiger partial charge in [0.05, 0.1) is 6.07 Å². The summed E-state index contributed by atoms with van der Waals surface area (Å²) in [6.45, 7) is 1.73. The number of allylic oxidation sites excluding steroid dienone is 5. The van der Waals surface area contributed by atoms with Crippen LogP contribution < -0.4 is 5.32 Å². The van der Waals surface area contributed by atoms with E-state index in [4.69, 9.17) is 11.7 Å². The van der Waals surface area contributed by atoms with Gasteiger partial charge in [0.15, 0.2) is 5.76 Å². The van der Waals surface area contributed by atoms with Crippen LogP contribution >= 0.6 is 0 Å². The number of nitrogens with zero attached hydrogens (tertiary/aromatic N) is 1. The van der Waals surface area contributed by atoms with E-state index in [0.717, 1.165) is 6.07 Å². The van der Waals surface area contributed by atoms with E-state index in [1.165, 1.54) is 18.2 Å². The van der Waals surface area contributed by atoms with Crippen molar-refractivity contribution < 1.29 is 13.6 Å². The van der Waals surface area contributed by atoms with Gasteiger partial charge in [0.25, 0.3) is 11.9 Å². The lowest BCUT2D eigenvalue weighted by Crippen LogP contribution is -2.21. The second kappa shape index (κ2) is 7.40. The molecule has 1 heterocycles. The van der Waals surface area contributed by atoms with Crippen molar-refractivity contribution in [1.29, 1.82) is 5.26 Å². The molecule has 20 heavy (non-hydrogen) atoms. The van der Waals surface area contributed by atoms with E-state index in [9.17, 15) is 9.18 Å². The van der Waals surface area contributed by atoms with Crippen LogP contribution in [0.1, 0.15) is 17.5 Å². The highest BCUT2D eigenvalue weighted by Crippen LogP contribution is 2.07. The molecule has 0 fully saturated rings. The third kappa shape index (κ3) is 4.67. The Bertz CT molecular complexity index is 667. The molecule has 0 bridgehead atoms. The van der Waals surface area contributed by atoms with E-state index >= 15 is 0 Å². The Hall–Kier alpha value is -3.05. The summed E-state index contributed by atoms with van der Waals surface area (Å²) in [6, 6.07) is 3.25. The summed E-state index contributed by atoms with van der Waals surface area (Å²) in [7, 11) is 0. The van der Waals surface area contributed by atoms with Gasteiger partial charge >= 0.3 is 0 Å². The molecule has 0 saturated heterocycles. The molecule has 0 spiro atoms. The Morgan fingerprint density at radius 2 is 2.30 bits per heavy atom. The molecular weight excluding hydrogens is 259 g/mol. The average Bonchev–Trinajstić information content (AvgIpc) is 2.83. The van der Waals surface area contributed by atoms with Gasteiger partial charge in [-0.1, -0.05) is 5.92 Å². The van der Waals surface area contributed by atoms with E-state index in [-0.39, 0.29) is 5.76 Å². The van der Waals surface area contributed by atoms with Crippen LogP contribution in [-0.4, -0.2) is 5.91 Å². The van der Waals surface area contributed by atoms with Crippen LogP contribution in [0.15, 0.2) is 52.1 Å². The summed E-state index contributed by atoms with van der Waals surface area (Å²) >= 11 is 0. The summed E-state index contributed by atoms with van der Waals surface area (Å²) in [4.78, 5) is 11.8. The molecule has 0 radical (unpaired) electrons. The number of nitriles is 1. The summed E-state index contributed by atoms with van der Waals surface area (Å²) in [5.41, 5.74) is 1.04. The fraction of sp³-hybridized carbons (Fsp3) is 0.0667. The smallest absolute Gasteiger partial charge is 0.291 e. The van der Waals surface area contributed by atoms with Crippen molar-refractivity contribution in [3.8, 4) is 18.4 Å². The summed E-state index contributed by atoms with van der Waals surface area (Å²) in [6.07, 6.45) is 10.9. The van der Waals surface area contributed by atoms with Crippen molar-refractivity contribution in [2.75, 3.05) is 0 Å². The van der Waals surface area contributed by atoms with Crippen LogP contribution in [0.25, 0.3) is 0 Å². The van der Waals surface area contributed by atoms with Crippen LogP contribution in [0.3, 0.4) is 0 Å². The molecule has 1 amide bonds. The number of amides is 1. The largest absolute Gasteiger partial charge is 0.426 e. The highest BCUT2D eigenvalue weighted by molar-refractivity contribution is 5.93. The van der Waals surface area contributed by atoms with E-state index in [1.54, 1.807) is 19.1 Å². The minimum absolute atomic E-state index is 0.163. The highest BCUT2D eigenvalue weighted by atomic mass is 19.1. The van der Waals surface area contributed by atoms with Crippen LogP contribution in [-0.2, 0) is 0 Å². The number of rotatable bonds is 4. The van der Waals surface area contributed by atoms with Crippen molar-refractivity contribution in [1.82, 2.24) is 5.32 Å². The topological polar surface area (TPSA) is 66.0 Å². The average molecular weight is 270 g/mol. The van der Waals surface area contributed by atoms with Gasteiger partial charge < -0.3 is 9.73 Å². The second-order valence-corrected chi connectivity index (χ2v) is 3.68. The predicted molar refractivity (Wildman–Crippen MR) is 71.6 cm³/mol. The van der Waals surface area contributed by atoms with Crippen molar-refractivity contribution in [2.45, 2.75) is 6.92 Å². The van der Waals surface area contributed by atoms with Gasteiger partial charge in [-0.05, 0) is 30.7 Å². The molecule has 0 aliphatic heterocycles. The van der Waals surface area contributed by atoms with E-state index in [2.05, 4.69) is 15.7 Å². The van der Waals surface area contributed by atoms with E-state index in [0.29, 0.717) is 11.3 Å². The molecule has 5 heteroatoms. The lowest BCUT2D eigenvalue weighted by Gasteiger charge is -2.03. The molecule has 0 unspecified atom stereocenters. The minimum atomic E-state index is -0.846. The Labute approximate surface area is 115 Å². The molecule has 1 aromatic heterocycles. The van der Waals surface area contributed by atoms with Gasteiger partial charge in [-0.2, -0.15) is 9.65 Å². The van der Waals surface area contributed by atoms with Crippen LogP contribution in [0.4, 0.5) is 4.39 Å². The zero-order valence-electron chi connectivity index (χ0n) is 10.7. The first-order valence-electron chi connectivity index (χ1n) is 5.54. The minimum Gasteiger partial charge on any atom is -0.426 e. The maximum atomic E-state index is 12.7. The van der Waals surface area contributed by atoms with Crippen LogP contribution in [0.5, 0.6) is 0 Å². The summed E-state index contributed by atoms with van der Waals surface area (Å²) in [5, 5.41) is 10.9. The zero-order chi connectivity index (χ0) is 15.0. The number of halogens is 1. The van der Waals surface area contributed by atoms with Crippen LogP contribution in [0.2, 0.25) is 0 Å². The molecule has 0 atom stereocenters. The Kier molecular flexibility index (Phi) is 5.55. The first kappa shape index (κ1) is 15.0. The first-order chi connectivity index (χ1) is 9.56. The third-order valence-electron chi connectivity index (χ3n) is 2.10. The van der Waals surface area contributed by atoms with Crippen LogP contribution in [0, 0.1) is 29.7 Å². The molecule has 4 nitrogen and oxygen atoms in total. The van der Waals surface area contributed by atoms with Gasteiger partial charge in [0.1, 0.15) is 0 Å². The number of hydrogen-bond donors (Lipinski definition) is 1. The van der Waals surface area contributed by atoms with Crippen molar-refractivity contribution >= 4 is 5.91 Å².